The van der Waals surface area contributed by atoms with Crippen LogP contribution >= 0.6 is 10.7 Å². The number of hydrogen-bond donors (Lipinski definition) is 0. The molecule has 6 nitrogen and oxygen atoms in total. The molecule has 0 amide bonds. The van der Waals surface area contributed by atoms with Crippen LogP contribution in [0, 0.1) is 11.3 Å². The van der Waals surface area contributed by atoms with E-state index in [4.69, 9.17) is 5.26 Å². The van der Waals surface area contributed by atoms with Crippen LogP contribution in [-0.4, -0.2) is 36.0 Å². The third-order valence-corrected chi connectivity index (χ3v) is 2.37. The van der Waals surface area contributed by atoms with Gasteiger partial charge in [-0.1, -0.05) is 12.1 Å². The minimum absolute atomic E-state index is 0.130. The molecule has 0 N–H and O–H groups in total. The van der Waals surface area contributed by atoms with Gasteiger partial charge in [-0.2, -0.15) is 13.7 Å². The van der Waals surface area contributed by atoms with Gasteiger partial charge < -0.3 is 0 Å². The molecule has 0 atom stereocenters. The van der Waals surface area contributed by atoms with Crippen molar-refractivity contribution in [3.05, 3.63) is 35.4 Å². The third-order valence-electron chi connectivity index (χ3n) is 1.77. The van der Waals surface area contributed by atoms with E-state index in [9.17, 15) is 16.8 Å². The molecule has 1 rings (SSSR count). The standard InChI is InChI=1S/C10H11NO3S.CH3ClO2S/c1-15(12,13)14-7-6-9-2-4-10(8-11)5-3-9;1-5(2,3)4/h2-5H,6-7H2,1H3;1H3. The molecule has 0 radical (unpaired) electrons. The maximum Gasteiger partial charge on any atom is 0.264 e. The predicted molar refractivity (Wildman–Crippen MR) is 76.4 cm³/mol. The maximum atomic E-state index is 10.7. The third kappa shape index (κ3) is 13.3. The van der Waals surface area contributed by atoms with E-state index < -0.39 is 19.2 Å². The lowest BCUT2D eigenvalue weighted by atomic mass is 10.1. The van der Waals surface area contributed by atoms with E-state index in [0.29, 0.717) is 12.0 Å². The molecule has 0 aliphatic rings. The highest BCUT2D eigenvalue weighted by Crippen LogP contribution is 2.04. The van der Waals surface area contributed by atoms with Gasteiger partial charge in [-0.25, -0.2) is 8.42 Å². The van der Waals surface area contributed by atoms with Crippen LogP contribution in [0.25, 0.3) is 0 Å². The van der Waals surface area contributed by atoms with Crippen molar-refractivity contribution < 1.29 is 21.0 Å². The number of nitrogens with zero attached hydrogens (tertiary/aromatic N) is 1. The molecule has 9 heteroatoms. The first-order valence-electron chi connectivity index (χ1n) is 5.24. The fourth-order valence-electron chi connectivity index (χ4n) is 1.06. The van der Waals surface area contributed by atoms with Gasteiger partial charge in [-0.3, -0.25) is 4.18 Å². The second-order valence-electron chi connectivity index (χ2n) is 3.77. The van der Waals surface area contributed by atoms with Crippen molar-refractivity contribution in [3.8, 4) is 6.07 Å². The Bertz CT molecular complexity index is 652. The zero-order valence-electron chi connectivity index (χ0n) is 10.9. The summed E-state index contributed by atoms with van der Waals surface area (Å²) in [5, 5.41) is 8.56. The van der Waals surface area contributed by atoms with Crippen LogP contribution in [0.5, 0.6) is 0 Å². The van der Waals surface area contributed by atoms with Gasteiger partial charge in [0.05, 0.1) is 30.8 Å². The highest BCUT2D eigenvalue weighted by molar-refractivity contribution is 8.13. The highest BCUT2D eigenvalue weighted by atomic mass is 35.7. The van der Waals surface area contributed by atoms with Gasteiger partial charge in [0.1, 0.15) is 0 Å². The van der Waals surface area contributed by atoms with E-state index in [-0.39, 0.29) is 6.61 Å². The van der Waals surface area contributed by atoms with Crippen molar-refractivity contribution in [2.45, 2.75) is 6.42 Å². The lowest BCUT2D eigenvalue weighted by Gasteiger charge is -2.01. The Morgan fingerprint density at radius 1 is 1.15 bits per heavy atom. The Balaban J connectivity index is 0.000000621. The van der Waals surface area contributed by atoms with Gasteiger partial charge in [0, 0.05) is 10.7 Å². The quantitative estimate of drug-likeness (QED) is 0.604. The molecule has 0 aliphatic heterocycles. The minimum Gasteiger partial charge on any atom is -0.270 e. The van der Waals surface area contributed by atoms with E-state index in [1.807, 2.05) is 6.07 Å². The zero-order valence-corrected chi connectivity index (χ0v) is 13.3. The lowest BCUT2D eigenvalue weighted by molar-refractivity contribution is 0.326. The lowest BCUT2D eigenvalue weighted by Crippen LogP contribution is -2.06. The summed E-state index contributed by atoms with van der Waals surface area (Å²) in [6.07, 6.45) is 2.46. The monoisotopic (exact) mass is 339 g/mol. The van der Waals surface area contributed by atoms with Crippen LogP contribution in [0.3, 0.4) is 0 Å². The van der Waals surface area contributed by atoms with Gasteiger partial charge in [0.15, 0.2) is 0 Å². The SMILES string of the molecule is CS(=O)(=O)Cl.CS(=O)(=O)OCCc1ccc(C#N)cc1. The smallest absolute Gasteiger partial charge is 0.264 e. The summed E-state index contributed by atoms with van der Waals surface area (Å²) in [7, 11) is -2.05. The number of benzene rings is 1. The molecular weight excluding hydrogens is 326 g/mol. The Morgan fingerprint density at radius 3 is 1.95 bits per heavy atom. The molecule has 1 aromatic carbocycles. The number of nitriles is 1. The molecule has 0 fully saturated rings. The highest BCUT2D eigenvalue weighted by Gasteiger charge is 2.01. The fourth-order valence-corrected chi connectivity index (χ4v) is 1.44. The molecular formula is C11H14ClNO5S2. The molecule has 0 aliphatic carbocycles. The van der Waals surface area contributed by atoms with E-state index in [0.717, 1.165) is 18.1 Å². The zero-order chi connectivity index (χ0) is 15.8. The first-order chi connectivity index (χ1) is 9.01. The van der Waals surface area contributed by atoms with Crippen molar-refractivity contribution in [1.82, 2.24) is 0 Å². The Labute approximate surface area is 123 Å². The van der Waals surface area contributed by atoms with Gasteiger partial charge in [0.25, 0.3) is 10.1 Å². The Kier molecular flexibility index (Phi) is 7.75. The molecule has 0 saturated heterocycles. The summed E-state index contributed by atoms with van der Waals surface area (Å²) >= 11 is 0. The minimum atomic E-state index is -3.36. The van der Waals surface area contributed by atoms with Gasteiger partial charge in [-0.05, 0) is 24.1 Å². The largest absolute Gasteiger partial charge is 0.270 e. The average Bonchev–Trinajstić information content (AvgIpc) is 2.26. The van der Waals surface area contributed by atoms with E-state index in [1.165, 1.54) is 0 Å². The molecule has 0 aromatic heterocycles. The molecule has 0 saturated carbocycles. The summed E-state index contributed by atoms with van der Waals surface area (Å²) in [5.74, 6) is 0. The van der Waals surface area contributed by atoms with E-state index in [1.54, 1.807) is 24.3 Å². The predicted octanol–water partition coefficient (Wildman–Crippen LogP) is 1.26. The van der Waals surface area contributed by atoms with Crippen LogP contribution in [0.4, 0.5) is 0 Å². The van der Waals surface area contributed by atoms with Crippen molar-refractivity contribution in [2.75, 3.05) is 19.1 Å². The van der Waals surface area contributed by atoms with Crippen LogP contribution in [-0.2, 0) is 29.8 Å². The second-order valence-corrected chi connectivity index (χ2v) is 8.46. The summed E-state index contributed by atoms with van der Waals surface area (Å²) in [5.41, 5.74) is 1.53. The molecule has 0 heterocycles. The van der Waals surface area contributed by atoms with Crippen molar-refractivity contribution in [1.29, 1.82) is 5.26 Å². The molecule has 0 spiro atoms. The number of halogens is 1. The fraction of sp³-hybridized carbons (Fsp3) is 0.364. The van der Waals surface area contributed by atoms with Gasteiger partial charge >= 0.3 is 0 Å². The first kappa shape index (κ1) is 18.9. The average molecular weight is 340 g/mol. The maximum absolute atomic E-state index is 10.7. The van der Waals surface area contributed by atoms with E-state index in [2.05, 4.69) is 14.9 Å². The summed E-state index contributed by atoms with van der Waals surface area (Å²) < 4.78 is 44.7. The molecule has 0 bridgehead atoms. The first-order valence-corrected chi connectivity index (χ1v) is 9.78. The summed E-state index contributed by atoms with van der Waals surface area (Å²) in [4.78, 5) is 0. The Morgan fingerprint density at radius 2 is 1.60 bits per heavy atom. The molecule has 1 aromatic rings. The summed E-state index contributed by atoms with van der Waals surface area (Å²) in [6, 6.07) is 8.95. The van der Waals surface area contributed by atoms with Gasteiger partial charge in [-0.15, -0.1) is 0 Å². The number of hydrogen-bond acceptors (Lipinski definition) is 6. The molecule has 20 heavy (non-hydrogen) atoms. The van der Waals surface area contributed by atoms with Gasteiger partial charge in [0.2, 0.25) is 9.05 Å². The normalized spacial score (nSPS) is 11.1. The van der Waals surface area contributed by atoms with E-state index >= 15 is 0 Å². The Hall–Kier alpha value is -1.14. The summed E-state index contributed by atoms with van der Waals surface area (Å²) in [6.45, 7) is 0.130. The van der Waals surface area contributed by atoms with Crippen molar-refractivity contribution in [3.63, 3.8) is 0 Å². The van der Waals surface area contributed by atoms with Crippen molar-refractivity contribution >= 4 is 29.9 Å². The number of rotatable bonds is 4. The van der Waals surface area contributed by atoms with Crippen LogP contribution < -0.4 is 0 Å². The van der Waals surface area contributed by atoms with Crippen molar-refractivity contribution in [2.24, 2.45) is 0 Å². The second kappa shape index (κ2) is 8.21. The van der Waals surface area contributed by atoms with Crippen LogP contribution in [0.15, 0.2) is 24.3 Å². The van der Waals surface area contributed by atoms with Crippen LogP contribution in [0.1, 0.15) is 11.1 Å². The van der Waals surface area contributed by atoms with Crippen LogP contribution in [0.2, 0.25) is 0 Å². The molecule has 112 valence electrons. The molecule has 0 unspecified atom stereocenters. The topological polar surface area (TPSA) is 101 Å².